The van der Waals surface area contributed by atoms with Crippen LogP contribution in [0.3, 0.4) is 0 Å². The van der Waals surface area contributed by atoms with E-state index >= 15 is 0 Å². The van der Waals surface area contributed by atoms with Gasteiger partial charge < -0.3 is 5.21 Å². The van der Waals surface area contributed by atoms with Gasteiger partial charge >= 0.3 is 0 Å². The average Bonchev–Trinajstić information content (AvgIpc) is 2.30. The van der Waals surface area contributed by atoms with Crippen LogP contribution in [0.5, 0.6) is 0 Å². The van der Waals surface area contributed by atoms with Gasteiger partial charge in [0.1, 0.15) is 0 Å². The van der Waals surface area contributed by atoms with E-state index in [1.165, 1.54) is 0 Å². The molecule has 0 atom stereocenters. The van der Waals surface area contributed by atoms with E-state index in [1.54, 1.807) is 0 Å². The van der Waals surface area contributed by atoms with Crippen LogP contribution in [-0.4, -0.2) is 10.5 Å². The normalized spacial score (nSPS) is 19.0. The Morgan fingerprint density at radius 1 is 1.23 bits per heavy atom. The van der Waals surface area contributed by atoms with Crippen LogP contribution in [0.25, 0.3) is 0 Å². The summed E-state index contributed by atoms with van der Waals surface area (Å²) < 4.78 is 1.04. The maximum Gasteiger partial charge on any atom is 0.220 e. The van der Waals surface area contributed by atoms with E-state index in [4.69, 9.17) is 0 Å². The molecule has 0 radical (unpaired) electrons. The summed E-state index contributed by atoms with van der Waals surface area (Å²) >= 11 is 0. The first kappa shape index (κ1) is 8.30. The van der Waals surface area contributed by atoms with Crippen molar-refractivity contribution in [3.8, 4) is 0 Å². The Balaban J connectivity index is 2.74. The molecule has 1 aromatic rings. The second-order valence-electron chi connectivity index (χ2n) is 4.02. The largest absolute Gasteiger partial charge is 0.618 e. The van der Waals surface area contributed by atoms with Gasteiger partial charge in [0.05, 0.1) is 5.41 Å². The fraction of sp³-hybridized carbons (Fsp3) is 0.364. The van der Waals surface area contributed by atoms with Crippen LogP contribution in [-0.2, 0) is 5.41 Å². The quantitative estimate of drug-likeness (QED) is 0.439. The van der Waals surface area contributed by atoms with Gasteiger partial charge in [0, 0.05) is 18.6 Å². The molecule has 0 unspecified atom stereocenters. The first-order valence-corrected chi connectivity index (χ1v) is 4.46. The standard InChI is InChI=1S/C11H13NO/c1-8-11(2,3)9-6-4-5-7-10(9)12(8)13/h4-7H,1-3H3. The van der Waals surface area contributed by atoms with Gasteiger partial charge in [0.25, 0.3) is 0 Å². The second-order valence-corrected chi connectivity index (χ2v) is 4.02. The molecule has 0 spiro atoms. The van der Waals surface area contributed by atoms with Crippen LogP contribution in [0.4, 0.5) is 5.69 Å². The minimum absolute atomic E-state index is 0.113. The monoisotopic (exact) mass is 175 g/mol. The first-order chi connectivity index (χ1) is 6.05. The maximum atomic E-state index is 11.7. The number of para-hydroxylation sites is 1. The van der Waals surface area contributed by atoms with Crippen LogP contribution in [0, 0.1) is 5.21 Å². The molecule has 13 heavy (non-hydrogen) atoms. The van der Waals surface area contributed by atoms with E-state index < -0.39 is 0 Å². The predicted octanol–water partition coefficient (Wildman–Crippen LogP) is 2.58. The highest BCUT2D eigenvalue weighted by molar-refractivity contribution is 5.93. The summed E-state index contributed by atoms with van der Waals surface area (Å²) in [5.74, 6) is 0. The van der Waals surface area contributed by atoms with E-state index in [1.807, 2.05) is 31.2 Å². The molecule has 0 saturated carbocycles. The van der Waals surface area contributed by atoms with Gasteiger partial charge in [-0.2, -0.15) is 4.74 Å². The summed E-state index contributed by atoms with van der Waals surface area (Å²) in [6.45, 7) is 6.06. The van der Waals surface area contributed by atoms with Crippen molar-refractivity contribution in [1.82, 2.24) is 0 Å². The predicted molar refractivity (Wildman–Crippen MR) is 53.4 cm³/mol. The van der Waals surface area contributed by atoms with Crippen molar-refractivity contribution < 1.29 is 4.74 Å². The van der Waals surface area contributed by atoms with Crippen LogP contribution in [0.15, 0.2) is 24.3 Å². The molecule has 0 saturated heterocycles. The lowest BCUT2D eigenvalue weighted by Gasteiger charge is -2.14. The lowest BCUT2D eigenvalue weighted by Crippen LogP contribution is -2.24. The molecule has 2 heteroatoms. The van der Waals surface area contributed by atoms with Gasteiger partial charge in [-0.05, 0) is 13.8 Å². The van der Waals surface area contributed by atoms with E-state index in [-0.39, 0.29) is 5.41 Å². The number of nitrogens with zero attached hydrogens (tertiary/aromatic N) is 1. The van der Waals surface area contributed by atoms with Gasteiger partial charge in [-0.25, -0.2) is 0 Å². The van der Waals surface area contributed by atoms with Gasteiger partial charge in [0.2, 0.25) is 5.69 Å². The average molecular weight is 175 g/mol. The minimum Gasteiger partial charge on any atom is -0.618 e. The maximum absolute atomic E-state index is 11.7. The van der Waals surface area contributed by atoms with Crippen LogP contribution in [0.1, 0.15) is 26.3 Å². The molecule has 1 heterocycles. The molecule has 0 N–H and O–H groups in total. The molecule has 0 aromatic heterocycles. The molecular formula is C11H13NO. The zero-order valence-electron chi connectivity index (χ0n) is 8.16. The highest BCUT2D eigenvalue weighted by Gasteiger charge is 2.40. The Morgan fingerprint density at radius 3 is 2.46 bits per heavy atom. The fourth-order valence-electron chi connectivity index (χ4n) is 1.81. The van der Waals surface area contributed by atoms with E-state index in [0.717, 1.165) is 21.7 Å². The molecule has 1 aliphatic heterocycles. The van der Waals surface area contributed by atoms with Gasteiger partial charge in [0.15, 0.2) is 5.71 Å². The van der Waals surface area contributed by atoms with Gasteiger partial charge in [-0.3, -0.25) is 0 Å². The summed E-state index contributed by atoms with van der Waals surface area (Å²) in [7, 11) is 0. The zero-order chi connectivity index (χ0) is 9.64. The molecule has 0 aliphatic carbocycles. The number of benzene rings is 1. The van der Waals surface area contributed by atoms with Crippen LogP contribution in [0.2, 0.25) is 0 Å². The first-order valence-electron chi connectivity index (χ1n) is 4.46. The highest BCUT2D eigenvalue weighted by Crippen LogP contribution is 2.38. The molecule has 1 aromatic carbocycles. The summed E-state index contributed by atoms with van der Waals surface area (Å²) in [5.41, 5.74) is 2.68. The Labute approximate surface area is 78.1 Å². The molecule has 2 nitrogen and oxygen atoms in total. The summed E-state index contributed by atoms with van der Waals surface area (Å²) in [6.07, 6.45) is 0. The SMILES string of the molecule is CC1=[N+]([O-])c2ccccc2C1(C)C. The third kappa shape index (κ3) is 0.916. The van der Waals surface area contributed by atoms with E-state index in [0.29, 0.717) is 0 Å². The molecule has 68 valence electrons. The molecule has 0 bridgehead atoms. The van der Waals surface area contributed by atoms with Crippen molar-refractivity contribution in [3.63, 3.8) is 0 Å². The molecule has 0 fully saturated rings. The zero-order valence-corrected chi connectivity index (χ0v) is 8.16. The minimum atomic E-state index is -0.113. The van der Waals surface area contributed by atoms with Crippen LogP contribution >= 0.6 is 0 Å². The Kier molecular flexibility index (Phi) is 1.50. The van der Waals surface area contributed by atoms with Crippen LogP contribution < -0.4 is 0 Å². The Bertz CT molecular complexity index is 391. The number of hydrogen-bond donors (Lipinski definition) is 0. The van der Waals surface area contributed by atoms with Crippen molar-refractivity contribution in [1.29, 1.82) is 0 Å². The summed E-state index contributed by atoms with van der Waals surface area (Å²) in [5, 5.41) is 11.7. The number of hydrogen-bond acceptors (Lipinski definition) is 1. The second kappa shape index (κ2) is 2.34. The molecule has 1 aliphatic rings. The molecule has 0 amide bonds. The van der Waals surface area contributed by atoms with Crippen molar-refractivity contribution >= 4 is 11.4 Å². The third-order valence-corrected chi connectivity index (χ3v) is 3.01. The van der Waals surface area contributed by atoms with Crippen molar-refractivity contribution in [3.05, 3.63) is 35.0 Å². The number of rotatable bonds is 0. The van der Waals surface area contributed by atoms with Crippen molar-refractivity contribution in [2.45, 2.75) is 26.2 Å². The van der Waals surface area contributed by atoms with Crippen molar-refractivity contribution in [2.24, 2.45) is 0 Å². The molecule has 2 rings (SSSR count). The van der Waals surface area contributed by atoms with E-state index in [9.17, 15) is 5.21 Å². The Morgan fingerprint density at radius 2 is 1.85 bits per heavy atom. The topological polar surface area (TPSA) is 26.1 Å². The molecular weight excluding hydrogens is 162 g/mol. The summed E-state index contributed by atoms with van der Waals surface area (Å²) in [4.78, 5) is 0. The lowest BCUT2D eigenvalue weighted by molar-refractivity contribution is -0.358. The lowest BCUT2D eigenvalue weighted by atomic mass is 9.82. The third-order valence-electron chi connectivity index (χ3n) is 3.01. The summed E-state index contributed by atoms with van der Waals surface area (Å²) in [6, 6.07) is 7.78. The van der Waals surface area contributed by atoms with Crippen molar-refractivity contribution in [2.75, 3.05) is 0 Å². The highest BCUT2D eigenvalue weighted by atomic mass is 16.5. The van der Waals surface area contributed by atoms with E-state index in [2.05, 4.69) is 13.8 Å². The fourth-order valence-corrected chi connectivity index (χ4v) is 1.81. The van der Waals surface area contributed by atoms with Gasteiger partial charge in [-0.15, -0.1) is 0 Å². The Hall–Kier alpha value is -1.31. The smallest absolute Gasteiger partial charge is 0.220 e. The van der Waals surface area contributed by atoms with Gasteiger partial charge in [-0.1, -0.05) is 18.2 Å². The number of fused-ring (bicyclic) bond motifs is 1.